The molecule has 0 unspecified atom stereocenters. The monoisotopic (exact) mass is 449 g/mol. The number of aryl methyl sites for hydroxylation is 2. The van der Waals surface area contributed by atoms with E-state index in [0.29, 0.717) is 25.0 Å². The van der Waals surface area contributed by atoms with Crippen LogP contribution in [0.25, 0.3) is 0 Å². The third-order valence-electron chi connectivity index (χ3n) is 7.21. The van der Waals surface area contributed by atoms with Gasteiger partial charge in [-0.05, 0) is 67.9 Å². The van der Waals surface area contributed by atoms with Crippen molar-refractivity contribution in [2.24, 2.45) is 17.8 Å². The third-order valence-corrected chi connectivity index (χ3v) is 7.21. The fraction of sp³-hybridized carbons (Fsp3) is 0.481. The van der Waals surface area contributed by atoms with E-state index in [0.717, 1.165) is 55.0 Å². The van der Waals surface area contributed by atoms with Crippen LogP contribution in [0.5, 0.6) is 5.75 Å². The number of likely N-dealkylation sites (tertiary alicyclic amines) is 2. The number of carbonyl (C=O) groups is 2. The zero-order valence-corrected chi connectivity index (χ0v) is 19.9. The maximum Gasteiger partial charge on any atom is 0.321 e. The molecule has 176 valence electrons. The second-order valence-electron chi connectivity index (χ2n) is 9.54. The molecular weight excluding hydrogens is 414 g/mol. The number of ether oxygens (including phenoxy) is 1. The van der Waals surface area contributed by atoms with Crippen molar-refractivity contribution in [3.05, 3.63) is 59.7 Å². The average Bonchev–Trinajstić information content (AvgIpc) is 3.25. The first-order valence-electron chi connectivity index (χ1n) is 12.0. The molecule has 2 fully saturated rings. The molecule has 2 aromatic rings. The van der Waals surface area contributed by atoms with Crippen molar-refractivity contribution >= 4 is 17.6 Å². The summed E-state index contributed by atoms with van der Waals surface area (Å²) in [4.78, 5) is 28.8. The zero-order chi connectivity index (χ0) is 23.4. The lowest BCUT2D eigenvalue weighted by atomic mass is 9.79. The highest BCUT2D eigenvalue weighted by Gasteiger charge is 2.41. The number of nitrogens with zero attached hydrogens (tertiary/aromatic N) is 2. The van der Waals surface area contributed by atoms with Gasteiger partial charge in [0.05, 0.1) is 6.61 Å². The van der Waals surface area contributed by atoms with Gasteiger partial charge < -0.3 is 19.9 Å². The molecule has 2 aromatic carbocycles. The highest BCUT2D eigenvalue weighted by molar-refractivity contribution is 5.90. The molecule has 6 nitrogen and oxygen atoms in total. The molecule has 2 heterocycles. The summed E-state index contributed by atoms with van der Waals surface area (Å²) < 4.78 is 6.13. The maximum absolute atomic E-state index is 13.2. The van der Waals surface area contributed by atoms with Crippen molar-refractivity contribution in [2.45, 2.75) is 33.6 Å². The molecule has 0 radical (unpaired) electrons. The van der Waals surface area contributed by atoms with Crippen molar-refractivity contribution in [1.82, 2.24) is 9.80 Å². The molecule has 0 spiro atoms. The lowest BCUT2D eigenvalue weighted by Crippen LogP contribution is -2.41. The molecule has 0 saturated carbocycles. The van der Waals surface area contributed by atoms with Crippen molar-refractivity contribution in [3.8, 4) is 5.75 Å². The number of hydrogen-bond acceptors (Lipinski definition) is 3. The molecule has 0 aliphatic carbocycles. The summed E-state index contributed by atoms with van der Waals surface area (Å²) in [5.41, 5.74) is 3.06. The molecule has 2 aliphatic heterocycles. The summed E-state index contributed by atoms with van der Waals surface area (Å²) in [6.07, 6.45) is 1.97. The SMILES string of the molecule is CC(=O)N1CCC([C@@H]2CN(C(=O)Nc3cc(C)ccc3C)C[C@H]2COc2ccccc2)CC1. The standard InChI is InChI=1S/C27H35N3O3/c1-19-9-10-20(2)26(15-19)28-27(32)30-16-23(18-33-24-7-5-4-6-8-24)25(17-30)22-11-13-29(14-12-22)21(3)31/h4-10,15,22-23,25H,11-14,16-18H2,1-3H3,(H,28,32)/t23-,25-/m0/s1. The maximum atomic E-state index is 13.2. The highest BCUT2D eigenvalue weighted by Crippen LogP contribution is 2.36. The molecule has 3 amide bonds. The van der Waals surface area contributed by atoms with Crippen molar-refractivity contribution in [2.75, 3.05) is 38.1 Å². The predicted octanol–water partition coefficient (Wildman–Crippen LogP) is 4.72. The molecule has 2 atom stereocenters. The Morgan fingerprint density at radius 3 is 2.42 bits per heavy atom. The van der Waals surface area contributed by atoms with Crippen LogP contribution in [-0.2, 0) is 4.79 Å². The number of piperidine rings is 1. The van der Waals surface area contributed by atoms with Crippen molar-refractivity contribution in [1.29, 1.82) is 0 Å². The van der Waals surface area contributed by atoms with Crippen molar-refractivity contribution in [3.63, 3.8) is 0 Å². The summed E-state index contributed by atoms with van der Waals surface area (Å²) in [6, 6.07) is 15.9. The van der Waals surface area contributed by atoms with E-state index in [1.54, 1.807) is 6.92 Å². The van der Waals surface area contributed by atoms with E-state index >= 15 is 0 Å². The topological polar surface area (TPSA) is 61.9 Å². The Morgan fingerprint density at radius 1 is 1.00 bits per heavy atom. The Morgan fingerprint density at radius 2 is 1.73 bits per heavy atom. The number of para-hydroxylation sites is 1. The van der Waals surface area contributed by atoms with E-state index in [-0.39, 0.29) is 17.9 Å². The quantitative estimate of drug-likeness (QED) is 0.718. The summed E-state index contributed by atoms with van der Waals surface area (Å²) in [5, 5.41) is 3.13. The Kier molecular flexibility index (Phi) is 7.21. The van der Waals surface area contributed by atoms with Gasteiger partial charge in [-0.2, -0.15) is 0 Å². The van der Waals surface area contributed by atoms with E-state index in [1.807, 2.05) is 66.1 Å². The average molecular weight is 450 g/mol. The van der Waals surface area contributed by atoms with Crippen LogP contribution in [0.15, 0.2) is 48.5 Å². The molecule has 1 N–H and O–H groups in total. The van der Waals surface area contributed by atoms with Crippen molar-refractivity contribution < 1.29 is 14.3 Å². The Labute approximate surface area is 196 Å². The van der Waals surface area contributed by atoms with Gasteiger partial charge in [0.1, 0.15) is 5.75 Å². The number of rotatable bonds is 5. The van der Waals surface area contributed by atoms with Crippen LogP contribution >= 0.6 is 0 Å². The molecule has 0 bridgehead atoms. The van der Waals surface area contributed by atoms with Gasteiger partial charge in [-0.1, -0.05) is 30.3 Å². The van der Waals surface area contributed by atoms with Gasteiger partial charge in [0.2, 0.25) is 5.91 Å². The van der Waals surface area contributed by atoms with Crippen LogP contribution in [-0.4, -0.2) is 54.5 Å². The molecule has 4 rings (SSSR count). The van der Waals surface area contributed by atoms with E-state index in [9.17, 15) is 9.59 Å². The highest BCUT2D eigenvalue weighted by atomic mass is 16.5. The van der Waals surface area contributed by atoms with E-state index in [4.69, 9.17) is 4.74 Å². The van der Waals surface area contributed by atoms with Crippen LogP contribution in [0.4, 0.5) is 10.5 Å². The number of benzene rings is 2. The second kappa shape index (κ2) is 10.3. The number of carbonyl (C=O) groups excluding carboxylic acids is 2. The lowest BCUT2D eigenvalue weighted by molar-refractivity contribution is -0.130. The van der Waals surface area contributed by atoms with Gasteiger partial charge in [0, 0.05) is 44.7 Å². The van der Waals surface area contributed by atoms with Gasteiger partial charge in [0.25, 0.3) is 0 Å². The first-order chi connectivity index (χ1) is 15.9. The first-order valence-corrected chi connectivity index (χ1v) is 12.0. The molecule has 2 aliphatic rings. The number of anilines is 1. The fourth-order valence-corrected chi connectivity index (χ4v) is 5.20. The van der Waals surface area contributed by atoms with Gasteiger partial charge in [-0.25, -0.2) is 4.79 Å². The zero-order valence-electron chi connectivity index (χ0n) is 19.9. The first kappa shape index (κ1) is 23.1. The number of urea groups is 1. The predicted molar refractivity (Wildman–Crippen MR) is 130 cm³/mol. The number of amides is 3. The largest absolute Gasteiger partial charge is 0.493 e. The molecular formula is C27H35N3O3. The summed E-state index contributed by atoms with van der Waals surface area (Å²) in [6.45, 7) is 9.30. The van der Waals surface area contributed by atoms with Gasteiger partial charge in [-0.15, -0.1) is 0 Å². The lowest BCUT2D eigenvalue weighted by Gasteiger charge is -2.36. The normalized spacial score (nSPS) is 21.2. The van der Waals surface area contributed by atoms with E-state index < -0.39 is 0 Å². The van der Waals surface area contributed by atoms with Crippen LogP contribution in [0.1, 0.15) is 30.9 Å². The molecule has 0 aromatic heterocycles. The number of hydrogen-bond donors (Lipinski definition) is 1. The minimum absolute atomic E-state index is 0.0444. The fourth-order valence-electron chi connectivity index (χ4n) is 5.20. The molecule has 6 heteroatoms. The number of nitrogens with one attached hydrogen (secondary N) is 1. The van der Waals surface area contributed by atoms with Gasteiger partial charge in [-0.3, -0.25) is 4.79 Å². The molecule has 33 heavy (non-hydrogen) atoms. The summed E-state index contributed by atoms with van der Waals surface area (Å²) in [5.74, 6) is 2.14. The Balaban J connectivity index is 1.45. The summed E-state index contributed by atoms with van der Waals surface area (Å²) >= 11 is 0. The van der Waals surface area contributed by atoms with E-state index in [2.05, 4.69) is 11.4 Å². The molecule has 2 saturated heterocycles. The Hall–Kier alpha value is -3.02. The minimum atomic E-state index is -0.0444. The smallest absolute Gasteiger partial charge is 0.321 e. The Bertz CT molecular complexity index is 970. The second-order valence-corrected chi connectivity index (χ2v) is 9.54. The van der Waals surface area contributed by atoms with Gasteiger partial charge >= 0.3 is 6.03 Å². The van der Waals surface area contributed by atoms with Gasteiger partial charge in [0.15, 0.2) is 0 Å². The minimum Gasteiger partial charge on any atom is -0.493 e. The van der Waals surface area contributed by atoms with Crippen LogP contribution in [0.3, 0.4) is 0 Å². The van der Waals surface area contributed by atoms with Crippen LogP contribution in [0, 0.1) is 31.6 Å². The summed E-state index contributed by atoms with van der Waals surface area (Å²) in [7, 11) is 0. The van der Waals surface area contributed by atoms with Crippen LogP contribution < -0.4 is 10.1 Å². The van der Waals surface area contributed by atoms with E-state index in [1.165, 1.54) is 0 Å². The van der Waals surface area contributed by atoms with Crippen LogP contribution in [0.2, 0.25) is 0 Å². The third kappa shape index (κ3) is 5.67.